The van der Waals surface area contributed by atoms with Crippen LogP contribution in [0.15, 0.2) is 0 Å². The predicted octanol–water partition coefficient (Wildman–Crippen LogP) is 4.09. The van der Waals surface area contributed by atoms with Gasteiger partial charge in [0.15, 0.2) is 0 Å². The topological polar surface area (TPSA) is 286 Å². The second-order valence-corrected chi connectivity index (χ2v) is 28.4. The van der Waals surface area contributed by atoms with Crippen LogP contribution in [0.1, 0.15) is 94.4 Å². The first-order chi connectivity index (χ1) is 38.3. The number of carbonyl (C=O) groups excluding carboxylic acids is 8. The molecule has 21 heteroatoms. The molecular formula is C60H74N2O19. The van der Waals surface area contributed by atoms with E-state index in [1.165, 1.54) is 20.6 Å². The quantitative estimate of drug-likeness (QED) is 0.278. The summed E-state index contributed by atoms with van der Waals surface area (Å²) in [5.41, 5.74) is 0.0778. The number of methoxy groups -OCH3 is 2. The standard InChI is InChI=1S/C11H14O4.C10H11NO3.C10H11NO2.C10H12O5.C10H14O2.C9H12O3/c1-4-5-3-6-8(7(5)10(12)14-2)11(13)15-9(4)6;1-10(2)7-4(3-11)5-6(13-7)8(10)14-9(5)12;1-4-5-2-6-8(7(5)3-11)10(12)13-9(4)6;1-3-6-4(9(11)13-2)5-8(14-6)7(3)15-10(5)12;1-10(2)5-3-6-7(4-5)9(11)12-8(6)10;1-9(2)5-3-4-6(11-5)7(9)12-8(4)10/h4-9H,3H2,1-2H3;4-8H,1-2H3;4-9H,2H2,1H3;3-8H,1-2H3;5-8H,3-4H2,1-2H3;4-7H,3H2,1-2H3. The van der Waals surface area contributed by atoms with Crippen molar-refractivity contribution in [3.8, 4) is 12.1 Å². The van der Waals surface area contributed by atoms with Crippen molar-refractivity contribution in [2.24, 2.45) is 129 Å². The third-order valence-electron chi connectivity index (χ3n) is 24.1. The van der Waals surface area contributed by atoms with Crippen molar-refractivity contribution in [3.05, 3.63) is 0 Å². The highest BCUT2D eigenvalue weighted by molar-refractivity contribution is 5.87. The number of nitriles is 2. The van der Waals surface area contributed by atoms with Gasteiger partial charge in [0.25, 0.3) is 0 Å². The normalized spacial score (nSPS) is 52.5. The summed E-state index contributed by atoms with van der Waals surface area (Å²) >= 11 is 0. The zero-order chi connectivity index (χ0) is 57.7. The molecule has 21 nitrogen and oxygen atoms in total. The second kappa shape index (κ2) is 18.6. The molecule has 12 saturated heterocycles. The summed E-state index contributed by atoms with van der Waals surface area (Å²) in [6, 6.07) is 4.47. The van der Waals surface area contributed by atoms with Gasteiger partial charge in [0.05, 0.1) is 92.0 Å². The van der Waals surface area contributed by atoms with Gasteiger partial charge in [0.1, 0.15) is 66.8 Å². The first-order valence-corrected chi connectivity index (χ1v) is 29.5. The Morgan fingerprint density at radius 1 is 0.432 bits per heavy atom. The largest absolute Gasteiger partial charge is 0.469 e. The molecule has 0 aromatic rings. The molecule has 0 N–H and O–H groups in total. The first kappa shape index (κ1) is 54.8. The van der Waals surface area contributed by atoms with Gasteiger partial charge in [-0.25, -0.2) is 0 Å². The van der Waals surface area contributed by atoms with Gasteiger partial charge >= 0.3 is 47.8 Å². The van der Waals surface area contributed by atoms with E-state index in [2.05, 4.69) is 53.7 Å². The monoisotopic (exact) mass is 1130 g/mol. The van der Waals surface area contributed by atoms with E-state index in [0.29, 0.717) is 29.6 Å². The van der Waals surface area contributed by atoms with Crippen LogP contribution in [0.5, 0.6) is 0 Å². The molecule has 31 unspecified atom stereocenters. The molecule has 6 aliphatic carbocycles. The van der Waals surface area contributed by atoms with Crippen molar-refractivity contribution in [3.63, 3.8) is 0 Å². The maximum absolute atomic E-state index is 11.7. The molecule has 0 amide bonds. The van der Waals surface area contributed by atoms with Crippen molar-refractivity contribution in [1.29, 1.82) is 10.5 Å². The Labute approximate surface area is 470 Å². The maximum Gasteiger partial charge on any atom is 0.313 e. The van der Waals surface area contributed by atoms with Gasteiger partial charge in [0, 0.05) is 39.9 Å². The molecule has 81 heavy (non-hydrogen) atoms. The van der Waals surface area contributed by atoms with Crippen LogP contribution < -0.4 is 0 Å². The number of fused-ring (bicyclic) bond motifs is 6. The molecular weight excluding hydrogens is 1050 g/mol. The van der Waals surface area contributed by atoms with E-state index in [0.717, 1.165) is 31.6 Å². The molecule has 12 bridgehead atoms. The molecule has 0 aromatic heterocycles. The Hall–Kier alpha value is -5.38. The molecule has 438 valence electrons. The maximum atomic E-state index is 11.7. The molecule has 12 aliphatic heterocycles. The lowest BCUT2D eigenvalue weighted by molar-refractivity contribution is -0.153. The van der Waals surface area contributed by atoms with Crippen LogP contribution in [0.4, 0.5) is 0 Å². The Kier molecular flexibility index (Phi) is 12.6. The lowest BCUT2D eigenvalue weighted by atomic mass is 9.67. The van der Waals surface area contributed by atoms with Crippen LogP contribution in [-0.4, -0.2) is 135 Å². The molecule has 12 heterocycles. The number of hydrogen-bond donors (Lipinski definition) is 0. The zero-order valence-corrected chi connectivity index (χ0v) is 47.6. The van der Waals surface area contributed by atoms with Crippen LogP contribution in [-0.2, 0) is 90.5 Å². The molecule has 18 aliphatic rings. The van der Waals surface area contributed by atoms with Gasteiger partial charge in [-0.2, -0.15) is 10.5 Å². The molecule has 6 saturated carbocycles. The summed E-state index contributed by atoms with van der Waals surface area (Å²) in [7, 11) is 2.72. The van der Waals surface area contributed by atoms with Gasteiger partial charge in [-0.3, -0.25) is 38.4 Å². The summed E-state index contributed by atoms with van der Waals surface area (Å²) in [5.74, 6) is 0.126. The zero-order valence-electron chi connectivity index (χ0n) is 47.6. The van der Waals surface area contributed by atoms with Crippen molar-refractivity contribution in [2.75, 3.05) is 14.2 Å². The van der Waals surface area contributed by atoms with E-state index < -0.39 is 11.8 Å². The molecule has 0 spiro atoms. The number of esters is 8. The minimum atomic E-state index is -0.471. The highest BCUT2D eigenvalue weighted by Gasteiger charge is 2.74. The molecule has 18 rings (SSSR count). The smallest absolute Gasteiger partial charge is 0.313 e. The van der Waals surface area contributed by atoms with E-state index in [-0.39, 0.29) is 202 Å². The number of carbonyl (C=O) groups is 8. The van der Waals surface area contributed by atoms with Crippen molar-refractivity contribution < 1.29 is 90.5 Å². The summed E-state index contributed by atoms with van der Waals surface area (Å²) in [6.07, 6.45) is 4.86. The fraction of sp³-hybridized carbons (Fsp3) is 0.833. The number of rotatable bonds is 2. The van der Waals surface area contributed by atoms with E-state index in [9.17, 15) is 38.4 Å². The molecule has 18 fully saturated rings. The SMILES string of the molecule is CC1(C)C2CC3C(=O)OC1C3C2.CC1(C)C2CC3C(=O)OC1C3O2.CC1(C)C2OC3C(C(=O)OC31)C2C#N.CC1C2CC3C1OC(=O)C3C2C#N.COC(=O)C1C2CC3C(OC(=O)C31)C2C.COC(=O)C1C2OC3C(OC(=O)C31)C2C. The van der Waals surface area contributed by atoms with Gasteiger partial charge in [0.2, 0.25) is 0 Å². The van der Waals surface area contributed by atoms with E-state index >= 15 is 0 Å². The number of hydrogen-bond acceptors (Lipinski definition) is 21. The Morgan fingerprint density at radius 2 is 0.975 bits per heavy atom. The van der Waals surface area contributed by atoms with Gasteiger partial charge in [-0.05, 0) is 61.7 Å². The van der Waals surface area contributed by atoms with E-state index in [1.807, 2.05) is 20.8 Å². The third-order valence-corrected chi connectivity index (χ3v) is 24.1. The Morgan fingerprint density at radius 3 is 1.59 bits per heavy atom. The molecule has 0 radical (unpaired) electrons. The first-order valence-electron chi connectivity index (χ1n) is 29.5. The summed E-state index contributed by atoms with van der Waals surface area (Å²) < 4.78 is 58.3. The van der Waals surface area contributed by atoms with Gasteiger partial charge < -0.3 is 52.1 Å². The predicted molar refractivity (Wildman–Crippen MR) is 268 cm³/mol. The highest BCUT2D eigenvalue weighted by atomic mass is 16.6. The van der Waals surface area contributed by atoms with Crippen molar-refractivity contribution >= 4 is 47.8 Å². The van der Waals surface area contributed by atoms with Crippen LogP contribution in [0.3, 0.4) is 0 Å². The van der Waals surface area contributed by atoms with Crippen LogP contribution >= 0.6 is 0 Å². The van der Waals surface area contributed by atoms with Crippen LogP contribution in [0, 0.1) is 151 Å². The lowest BCUT2D eigenvalue weighted by Crippen LogP contribution is -2.43. The Balaban J connectivity index is 0.0000000917. The average Bonchev–Trinajstić information content (AvgIpc) is 4.31. The minimum absolute atomic E-state index is 0.0220. The van der Waals surface area contributed by atoms with Crippen LogP contribution in [0.2, 0.25) is 0 Å². The van der Waals surface area contributed by atoms with Gasteiger partial charge in [-0.15, -0.1) is 0 Å². The number of nitrogens with zero attached hydrogens (tertiary/aromatic N) is 2. The van der Waals surface area contributed by atoms with Crippen molar-refractivity contribution in [2.45, 2.75) is 168 Å². The second-order valence-electron chi connectivity index (χ2n) is 28.4. The number of ether oxygens (including phenoxy) is 11. The fourth-order valence-electron chi connectivity index (χ4n) is 19.8. The van der Waals surface area contributed by atoms with E-state index in [4.69, 9.17) is 62.6 Å². The van der Waals surface area contributed by atoms with Crippen LogP contribution in [0.25, 0.3) is 0 Å². The lowest BCUT2D eigenvalue weighted by Gasteiger charge is -2.32. The minimum Gasteiger partial charge on any atom is -0.469 e. The highest BCUT2D eigenvalue weighted by Crippen LogP contribution is 2.65. The van der Waals surface area contributed by atoms with Crippen molar-refractivity contribution in [1.82, 2.24) is 0 Å². The average molecular weight is 1130 g/mol. The van der Waals surface area contributed by atoms with E-state index in [1.54, 1.807) is 0 Å². The van der Waals surface area contributed by atoms with Gasteiger partial charge in [-0.1, -0.05) is 62.3 Å². The third kappa shape index (κ3) is 7.40. The summed E-state index contributed by atoms with van der Waals surface area (Å²) in [5, 5.41) is 18.0. The Bertz CT molecular complexity index is 2720. The molecule has 31 atom stereocenters. The fourth-order valence-corrected chi connectivity index (χ4v) is 19.8. The summed E-state index contributed by atoms with van der Waals surface area (Å²) in [6.45, 7) is 18.9. The summed E-state index contributed by atoms with van der Waals surface area (Å²) in [4.78, 5) is 92.0. The molecule has 0 aromatic carbocycles.